The highest BCUT2D eigenvalue weighted by Crippen LogP contribution is 2.25. The fourth-order valence-corrected chi connectivity index (χ4v) is 3.11. The summed E-state index contributed by atoms with van der Waals surface area (Å²) in [5, 5.41) is 12.1. The largest absolute Gasteiger partial charge is 0.333 e. The Morgan fingerprint density at radius 3 is 2.96 bits per heavy atom. The zero-order valence-electron chi connectivity index (χ0n) is 13.3. The third-order valence-electron chi connectivity index (χ3n) is 3.53. The second-order valence-corrected chi connectivity index (χ2v) is 6.83. The molecule has 1 aromatic heterocycles. The highest BCUT2D eigenvalue weighted by molar-refractivity contribution is 8.00. The minimum absolute atomic E-state index is 0.133. The number of H-pyrrole nitrogens is 1. The lowest BCUT2D eigenvalue weighted by Gasteiger charge is -2.10. The Balaban J connectivity index is 1.69. The van der Waals surface area contributed by atoms with Gasteiger partial charge in [0.15, 0.2) is 5.16 Å². The smallest absolute Gasteiger partial charge is 0.237 e. The SMILES string of the molecule is Cc1ccc2nc(S[C@@H](C)C(=O)Nc3cccc(C#N)c3)[nH]c2c1. The molecule has 0 spiro atoms. The summed E-state index contributed by atoms with van der Waals surface area (Å²) in [4.78, 5) is 20.1. The number of amides is 1. The maximum absolute atomic E-state index is 12.3. The molecule has 3 aromatic rings. The first-order valence-corrected chi connectivity index (χ1v) is 8.37. The molecule has 2 aromatic carbocycles. The highest BCUT2D eigenvalue weighted by Gasteiger charge is 2.17. The van der Waals surface area contributed by atoms with E-state index in [-0.39, 0.29) is 11.2 Å². The van der Waals surface area contributed by atoms with Gasteiger partial charge < -0.3 is 10.3 Å². The molecule has 24 heavy (non-hydrogen) atoms. The molecule has 120 valence electrons. The molecule has 0 fully saturated rings. The van der Waals surface area contributed by atoms with Crippen molar-refractivity contribution in [1.82, 2.24) is 9.97 Å². The number of fused-ring (bicyclic) bond motifs is 1. The van der Waals surface area contributed by atoms with Gasteiger partial charge in [0, 0.05) is 5.69 Å². The monoisotopic (exact) mass is 336 g/mol. The van der Waals surface area contributed by atoms with Crippen molar-refractivity contribution in [2.75, 3.05) is 5.32 Å². The van der Waals surface area contributed by atoms with Crippen molar-refractivity contribution in [1.29, 1.82) is 5.26 Å². The van der Waals surface area contributed by atoms with E-state index in [1.807, 2.05) is 32.0 Å². The molecule has 0 saturated carbocycles. The zero-order valence-corrected chi connectivity index (χ0v) is 14.1. The summed E-state index contributed by atoms with van der Waals surface area (Å²) in [5.41, 5.74) is 4.14. The van der Waals surface area contributed by atoms with E-state index in [1.165, 1.54) is 11.8 Å². The second-order valence-electron chi connectivity index (χ2n) is 5.50. The zero-order chi connectivity index (χ0) is 17.1. The third kappa shape index (κ3) is 3.58. The molecule has 6 heteroatoms. The molecule has 1 amide bonds. The summed E-state index contributed by atoms with van der Waals surface area (Å²) in [5.74, 6) is -0.133. The van der Waals surface area contributed by atoms with E-state index >= 15 is 0 Å². The summed E-state index contributed by atoms with van der Waals surface area (Å²) in [7, 11) is 0. The van der Waals surface area contributed by atoms with Gasteiger partial charge in [-0.3, -0.25) is 4.79 Å². The van der Waals surface area contributed by atoms with Crippen LogP contribution in [0.25, 0.3) is 11.0 Å². The molecule has 0 aliphatic rings. The van der Waals surface area contributed by atoms with Gasteiger partial charge in [0.05, 0.1) is 27.9 Å². The Morgan fingerprint density at radius 2 is 2.17 bits per heavy atom. The topological polar surface area (TPSA) is 81.6 Å². The number of hydrogen-bond acceptors (Lipinski definition) is 4. The van der Waals surface area contributed by atoms with Crippen molar-refractivity contribution in [2.24, 2.45) is 0 Å². The number of nitriles is 1. The van der Waals surface area contributed by atoms with E-state index in [9.17, 15) is 4.79 Å². The molecule has 0 bridgehead atoms. The van der Waals surface area contributed by atoms with Gasteiger partial charge in [0.25, 0.3) is 0 Å². The van der Waals surface area contributed by atoms with Gasteiger partial charge in [-0.1, -0.05) is 23.9 Å². The number of hydrogen-bond donors (Lipinski definition) is 2. The molecular weight excluding hydrogens is 320 g/mol. The fourth-order valence-electron chi connectivity index (χ4n) is 2.29. The van der Waals surface area contributed by atoms with Gasteiger partial charge >= 0.3 is 0 Å². The normalized spacial score (nSPS) is 11.9. The van der Waals surface area contributed by atoms with Gasteiger partial charge in [-0.25, -0.2) is 4.98 Å². The maximum Gasteiger partial charge on any atom is 0.237 e. The van der Waals surface area contributed by atoms with Crippen LogP contribution in [0.1, 0.15) is 18.1 Å². The van der Waals surface area contributed by atoms with Crippen LogP contribution in [0.3, 0.4) is 0 Å². The van der Waals surface area contributed by atoms with Crippen LogP contribution in [0, 0.1) is 18.3 Å². The maximum atomic E-state index is 12.3. The van der Waals surface area contributed by atoms with E-state index in [4.69, 9.17) is 5.26 Å². The quantitative estimate of drug-likeness (QED) is 0.709. The number of imidazole rings is 1. The summed E-state index contributed by atoms with van der Waals surface area (Å²) in [6.45, 7) is 3.85. The van der Waals surface area contributed by atoms with E-state index in [2.05, 4.69) is 21.4 Å². The number of thioether (sulfide) groups is 1. The van der Waals surface area contributed by atoms with Crippen molar-refractivity contribution in [3.8, 4) is 6.07 Å². The third-order valence-corrected chi connectivity index (χ3v) is 4.52. The molecule has 0 aliphatic carbocycles. The Kier molecular flexibility index (Phi) is 4.54. The first-order chi connectivity index (χ1) is 11.5. The number of benzene rings is 2. The molecule has 0 saturated heterocycles. The Hall–Kier alpha value is -2.78. The molecule has 1 heterocycles. The predicted molar refractivity (Wildman–Crippen MR) is 95.9 cm³/mol. The minimum atomic E-state index is -0.322. The lowest BCUT2D eigenvalue weighted by atomic mass is 10.2. The van der Waals surface area contributed by atoms with Crippen molar-refractivity contribution in [3.05, 3.63) is 53.6 Å². The van der Waals surface area contributed by atoms with Gasteiger partial charge in [-0.15, -0.1) is 0 Å². The highest BCUT2D eigenvalue weighted by atomic mass is 32.2. The van der Waals surface area contributed by atoms with Crippen LogP contribution in [0.4, 0.5) is 5.69 Å². The van der Waals surface area contributed by atoms with Crippen LogP contribution in [0.15, 0.2) is 47.6 Å². The van der Waals surface area contributed by atoms with Crippen LogP contribution in [0.2, 0.25) is 0 Å². The van der Waals surface area contributed by atoms with Crippen LogP contribution in [0.5, 0.6) is 0 Å². The molecule has 2 N–H and O–H groups in total. The molecule has 0 radical (unpaired) electrons. The van der Waals surface area contributed by atoms with Gasteiger partial charge in [-0.05, 0) is 49.7 Å². The van der Waals surface area contributed by atoms with Crippen molar-refractivity contribution < 1.29 is 4.79 Å². The average molecular weight is 336 g/mol. The minimum Gasteiger partial charge on any atom is -0.333 e. The first-order valence-electron chi connectivity index (χ1n) is 7.49. The number of anilines is 1. The van der Waals surface area contributed by atoms with Crippen molar-refractivity contribution in [2.45, 2.75) is 24.3 Å². The number of aryl methyl sites for hydroxylation is 1. The number of carbonyl (C=O) groups is 1. The van der Waals surface area contributed by atoms with Gasteiger partial charge in [0.2, 0.25) is 5.91 Å². The summed E-state index contributed by atoms with van der Waals surface area (Å²) in [6.07, 6.45) is 0. The Labute approximate surface area is 144 Å². The Bertz CT molecular complexity index is 942. The number of aromatic nitrogens is 2. The van der Waals surface area contributed by atoms with Crippen LogP contribution < -0.4 is 5.32 Å². The first kappa shape index (κ1) is 16.1. The van der Waals surface area contributed by atoms with Gasteiger partial charge in [-0.2, -0.15) is 5.26 Å². The lowest BCUT2D eigenvalue weighted by molar-refractivity contribution is -0.115. The molecule has 1 atom stereocenters. The number of rotatable bonds is 4. The number of aromatic amines is 1. The van der Waals surface area contributed by atoms with Crippen LogP contribution >= 0.6 is 11.8 Å². The van der Waals surface area contributed by atoms with E-state index in [1.54, 1.807) is 24.3 Å². The number of nitrogens with zero attached hydrogens (tertiary/aromatic N) is 2. The fraction of sp³-hybridized carbons (Fsp3) is 0.167. The van der Waals surface area contributed by atoms with Crippen molar-refractivity contribution in [3.63, 3.8) is 0 Å². The molecule has 3 rings (SSSR count). The molecule has 0 unspecified atom stereocenters. The van der Waals surface area contributed by atoms with E-state index < -0.39 is 0 Å². The standard InChI is InChI=1S/C18H16N4OS/c1-11-6-7-15-16(8-11)22-18(21-15)24-12(2)17(23)20-14-5-3-4-13(9-14)10-19/h3-9,12H,1-2H3,(H,20,23)(H,21,22)/t12-/m0/s1. The van der Waals surface area contributed by atoms with Crippen LogP contribution in [-0.4, -0.2) is 21.1 Å². The molecular formula is C18H16N4OS. The summed E-state index contributed by atoms with van der Waals surface area (Å²) < 4.78 is 0. The number of nitrogens with one attached hydrogen (secondary N) is 2. The molecule has 0 aliphatic heterocycles. The van der Waals surface area contributed by atoms with Crippen molar-refractivity contribution >= 4 is 34.4 Å². The lowest BCUT2D eigenvalue weighted by Crippen LogP contribution is -2.22. The van der Waals surface area contributed by atoms with E-state index in [0.29, 0.717) is 16.4 Å². The van der Waals surface area contributed by atoms with E-state index in [0.717, 1.165) is 16.6 Å². The predicted octanol–water partition coefficient (Wildman–Crippen LogP) is 3.86. The second kappa shape index (κ2) is 6.77. The Morgan fingerprint density at radius 1 is 1.33 bits per heavy atom. The van der Waals surface area contributed by atoms with Gasteiger partial charge in [0.1, 0.15) is 0 Å². The summed E-state index contributed by atoms with van der Waals surface area (Å²) in [6, 6.07) is 14.9. The summed E-state index contributed by atoms with van der Waals surface area (Å²) >= 11 is 1.37. The molecule has 5 nitrogen and oxygen atoms in total. The number of carbonyl (C=O) groups excluding carboxylic acids is 1. The van der Waals surface area contributed by atoms with Crippen LogP contribution in [-0.2, 0) is 4.79 Å². The average Bonchev–Trinajstić information content (AvgIpc) is 2.96.